The van der Waals surface area contributed by atoms with Crippen molar-refractivity contribution in [1.29, 1.82) is 0 Å². The van der Waals surface area contributed by atoms with Gasteiger partial charge < -0.3 is 14.9 Å². The van der Waals surface area contributed by atoms with Crippen molar-refractivity contribution in [3.05, 3.63) is 12.7 Å². The van der Waals surface area contributed by atoms with Crippen molar-refractivity contribution in [1.82, 2.24) is 5.32 Å². The molecule has 72 valence electrons. The van der Waals surface area contributed by atoms with E-state index < -0.39 is 8.56 Å². The fourth-order valence-corrected chi connectivity index (χ4v) is 2.54. The summed E-state index contributed by atoms with van der Waals surface area (Å²) in [7, 11) is -2.90. The average Bonchev–Trinajstić information content (AvgIpc) is 1.98. The van der Waals surface area contributed by atoms with Crippen LogP contribution in [0.25, 0.3) is 0 Å². The molecule has 0 rings (SSSR count). The van der Waals surface area contributed by atoms with Gasteiger partial charge in [0.2, 0.25) is 0 Å². The molecule has 0 bridgehead atoms. The lowest BCUT2D eigenvalue weighted by molar-refractivity contribution is 0.351. The number of hydrogen-bond donors (Lipinski definition) is 3. The van der Waals surface area contributed by atoms with Crippen molar-refractivity contribution in [3.8, 4) is 0 Å². The molecule has 3 N–H and O–H groups in total. The maximum Gasteiger partial charge on any atom is 0.346 e. The van der Waals surface area contributed by atoms with Gasteiger partial charge in [-0.15, -0.1) is 6.58 Å². The first kappa shape index (κ1) is 11.8. The van der Waals surface area contributed by atoms with Crippen molar-refractivity contribution < 1.29 is 9.59 Å². The molecule has 0 aromatic heterocycles. The standard InChI is InChI=1S/C8H19NO2Si/c1-3-5-6-9-8-12(10,11)7-4-2/h3,9-11H,1,4-8H2,2H3. The van der Waals surface area contributed by atoms with Gasteiger partial charge in [-0.3, -0.25) is 0 Å². The zero-order valence-corrected chi connectivity index (χ0v) is 8.71. The Bertz CT molecular complexity index is 128. The molecular formula is C8H19NO2Si. The number of hydrogen-bond acceptors (Lipinski definition) is 3. The Morgan fingerprint density at radius 2 is 2.17 bits per heavy atom. The third kappa shape index (κ3) is 6.54. The molecule has 0 aromatic rings. The fraction of sp³-hybridized carbons (Fsp3) is 0.750. The van der Waals surface area contributed by atoms with Crippen LogP contribution in [0.2, 0.25) is 6.04 Å². The van der Waals surface area contributed by atoms with Crippen LogP contribution in [-0.4, -0.2) is 30.9 Å². The van der Waals surface area contributed by atoms with Crippen molar-refractivity contribution in [2.24, 2.45) is 0 Å². The van der Waals surface area contributed by atoms with E-state index in [2.05, 4.69) is 11.9 Å². The van der Waals surface area contributed by atoms with Gasteiger partial charge in [0.25, 0.3) is 0 Å². The molecule has 0 aliphatic carbocycles. The maximum atomic E-state index is 9.42. The summed E-state index contributed by atoms with van der Waals surface area (Å²) in [5, 5.41) is 3.00. The van der Waals surface area contributed by atoms with E-state index in [0.29, 0.717) is 12.2 Å². The summed E-state index contributed by atoms with van der Waals surface area (Å²) < 4.78 is 0. The van der Waals surface area contributed by atoms with Gasteiger partial charge in [0.15, 0.2) is 0 Å². The highest BCUT2D eigenvalue weighted by Crippen LogP contribution is 2.02. The normalized spacial score (nSPS) is 11.6. The lowest BCUT2D eigenvalue weighted by Gasteiger charge is -2.17. The van der Waals surface area contributed by atoms with Crippen LogP contribution in [0.5, 0.6) is 0 Å². The molecule has 0 fully saturated rings. The van der Waals surface area contributed by atoms with Crippen LogP contribution in [-0.2, 0) is 0 Å². The Labute approximate surface area is 75.4 Å². The molecule has 0 saturated carbocycles. The second-order valence-corrected chi connectivity index (χ2v) is 5.81. The topological polar surface area (TPSA) is 52.5 Å². The van der Waals surface area contributed by atoms with Crippen molar-refractivity contribution in [2.45, 2.75) is 25.8 Å². The molecule has 0 aromatic carbocycles. The molecule has 3 nitrogen and oxygen atoms in total. The summed E-state index contributed by atoms with van der Waals surface area (Å²) in [5.41, 5.74) is 0. The van der Waals surface area contributed by atoms with Crippen molar-refractivity contribution in [2.75, 3.05) is 12.7 Å². The van der Waals surface area contributed by atoms with Crippen LogP contribution >= 0.6 is 0 Å². The number of nitrogens with one attached hydrogen (secondary N) is 1. The largest absolute Gasteiger partial charge is 0.410 e. The molecule has 0 spiro atoms. The van der Waals surface area contributed by atoms with E-state index >= 15 is 0 Å². The van der Waals surface area contributed by atoms with Crippen LogP contribution in [0.4, 0.5) is 0 Å². The molecule has 0 radical (unpaired) electrons. The Morgan fingerprint density at radius 3 is 2.67 bits per heavy atom. The second kappa shape index (κ2) is 6.36. The van der Waals surface area contributed by atoms with Gasteiger partial charge >= 0.3 is 8.56 Å². The van der Waals surface area contributed by atoms with Gasteiger partial charge in [-0.2, -0.15) is 0 Å². The van der Waals surface area contributed by atoms with Gasteiger partial charge in [0, 0.05) is 6.17 Å². The van der Waals surface area contributed by atoms with Crippen molar-refractivity contribution >= 4 is 8.56 Å². The van der Waals surface area contributed by atoms with E-state index in [-0.39, 0.29) is 0 Å². The lowest BCUT2D eigenvalue weighted by Crippen LogP contribution is -2.46. The molecule has 0 aliphatic rings. The predicted octanol–water partition coefficient (Wildman–Crippen LogP) is 0.528. The third-order valence-corrected chi connectivity index (χ3v) is 3.70. The van der Waals surface area contributed by atoms with Crippen LogP contribution < -0.4 is 5.32 Å². The molecule has 0 amide bonds. The van der Waals surface area contributed by atoms with E-state index in [1.807, 2.05) is 13.0 Å². The summed E-state index contributed by atoms with van der Waals surface area (Å²) in [6.07, 6.45) is 3.89. The van der Waals surface area contributed by atoms with Crippen LogP contribution in [0.3, 0.4) is 0 Å². The van der Waals surface area contributed by atoms with E-state index in [4.69, 9.17) is 0 Å². The minimum atomic E-state index is -2.90. The van der Waals surface area contributed by atoms with E-state index in [0.717, 1.165) is 19.4 Å². The van der Waals surface area contributed by atoms with Crippen LogP contribution in [0.1, 0.15) is 19.8 Å². The highest BCUT2D eigenvalue weighted by atomic mass is 28.4. The van der Waals surface area contributed by atoms with Crippen LogP contribution in [0.15, 0.2) is 12.7 Å². The van der Waals surface area contributed by atoms with Gasteiger partial charge in [-0.25, -0.2) is 0 Å². The molecule has 0 heterocycles. The zero-order valence-electron chi connectivity index (χ0n) is 7.71. The highest BCUT2D eigenvalue weighted by molar-refractivity contribution is 6.64. The van der Waals surface area contributed by atoms with Crippen molar-refractivity contribution in [3.63, 3.8) is 0 Å². The van der Waals surface area contributed by atoms with E-state index in [1.165, 1.54) is 0 Å². The smallest absolute Gasteiger partial charge is 0.346 e. The second-order valence-electron chi connectivity index (χ2n) is 2.99. The number of rotatable bonds is 7. The van der Waals surface area contributed by atoms with E-state index in [1.54, 1.807) is 0 Å². The molecule has 0 atom stereocenters. The monoisotopic (exact) mass is 189 g/mol. The maximum absolute atomic E-state index is 9.42. The van der Waals surface area contributed by atoms with Gasteiger partial charge in [-0.05, 0) is 19.0 Å². The molecule has 0 unspecified atom stereocenters. The SMILES string of the molecule is C=CCCNC[Si](O)(O)CCC. The zero-order chi connectivity index (χ0) is 9.45. The first-order chi connectivity index (χ1) is 5.62. The summed E-state index contributed by atoms with van der Waals surface area (Å²) in [6.45, 7) is 6.31. The first-order valence-electron chi connectivity index (χ1n) is 4.39. The Morgan fingerprint density at radius 1 is 1.50 bits per heavy atom. The first-order valence-corrected chi connectivity index (χ1v) is 6.69. The summed E-state index contributed by atoms with van der Waals surface area (Å²) >= 11 is 0. The van der Waals surface area contributed by atoms with Gasteiger partial charge in [-0.1, -0.05) is 19.4 Å². The summed E-state index contributed by atoms with van der Waals surface area (Å²) in [4.78, 5) is 18.8. The summed E-state index contributed by atoms with van der Waals surface area (Å²) in [5.74, 6) is 0. The third-order valence-electron chi connectivity index (χ3n) is 1.58. The lowest BCUT2D eigenvalue weighted by atomic mass is 10.4. The van der Waals surface area contributed by atoms with Gasteiger partial charge in [0.1, 0.15) is 0 Å². The molecule has 0 aliphatic heterocycles. The Kier molecular flexibility index (Phi) is 6.28. The minimum Gasteiger partial charge on any atom is -0.410 e. The predicted molar refractivity (Wildman–Crippen MR) is 53.0 cm³/mol. The average molecular weight is 189 g/mol. The summed E-state index contributed by atoms with van der Waals surface area (Å²) in [6, 6.07) is 0.550. The molecule has 4 heteroatoms. The molecular weight excluding hydrogens is 170 g/mol. The molecule has 12 heavy (non-hydrogen) atoms. The molecule has 0 saturated heterocycles. The highest BCUT2D eigenvalue weighted by Gasteiger charge is 2.26. The quantitative estimate of drug-likeness (QED) is 0.311. The Balaban J connectivity index is 3.39. The Hall–Kier alpha value is -0.163. The fourth-order valence-electron chi connectivity index (χ4n) is 0.981. The minimum absolute atomic E-state index is 0.370. The van der Waals surface area contributed by atoms with Crippen LogP contribution in [0, 0.1) is 0 Å². The van der Waals surface area contributed by atoms with E-state index in [9.17, 15) is 9.59 Å². The van der Waals surface area contributed by atoms with Gasteiger partial charge in [0.05, 0.1) is 0 Å².